The van der Waals surface area contributed by atoms with Crippen LogP contribution in [0.2, 0.25) is 0 Å². The lowest BCUT2D eigenvalue weighted by Crippen LogP contribution is -2.45. The molecule has 2 fully saturated rings. The maximum atomic E-state index is 12.1. The van der Waals surface area contributed by atoms with Crippen molar-refractivity contribution in [3.8, 4) is 0 Å². The van der Waals surface area contributed by atoms with Gasteiger partial charge in [-0.15, -0.1) is 0 Å². The smallest absolute Gasteiger partial charge is 0.225 e. The van der Waals surface area contributed by atoms with Gasteiger partial charge in [0, 0.05) is 44.2 Å². The Morgan fingerprint density at radius 3 is 2.64 bits per heavy atom. The number of guanidine groups is 1. The Hall–Kier alpha value is -1.30. The number of aliphatic imine (C=N–C) groups is 1. The van der Waals surface area contributed by atoms with Gasteiger partial charge in [-0.05, 0) is 33.2 Å². The fourth-order valence-corrected chi connectivity index (χ4v) is 3.80. The van der Waals surface area contributed by atoms with E-state index in [1.54, 1.807) is 0 Å². The summed E-state index contributed by atoms with van der Waals surface area (Å²) in [5.41, 5.74) is 0. The summed E-state index contributed by atoms with van der Waals surface area (Å²) in [6, 6.07) is 1.05. The molecule has 6 nitrogen and oxygen atoms in total. The Morgan fingerprint density at radius 1 is 1.28 bits per heavy atom. The number of hydrogen-bond donors (Lipinski definition) is 2. The van der Waals surface area contributed by atoms with Gasteiger partial charge in [-0.3, -0.25) is 9.79 Å². The number of likely N-dealkylation sites (N-methyl/N-ethyl adjacent to an activating group) is 1. The van der Waals surface area contributed by atoms with E-state index in [4.69, 9.17) is 4.99 Å². The van der Waals surface area contributed by atoms with Crippen LogP contribution < -0.4 is 10.6 Å². The summed E-state index contributed by atoms with van der Waals surface area (Å²) in [7, 11) is 2.22. The van der Waals surface area contributed by atoms with Crippen molar-refractivity contribution in [3.63, 3.8) is 0 Å². The van der Waals surface area contributed by atoms with Crippen molar-refractivity contribution >= 4 is 11.9 Å². The highest BCUT2D eigenvalue weighted by Crippen LogP contribution is 2.21. The molecule has 144 valence electrons. The lowest BCUT2D eigenvalue weighted by molar-refractivity contribution is -0.133. The number of amides is 1. The highest BCUT2D eigenvalue weighted by molar-refractivity contribution is 5.81. The molecule has 1 unspecified atom stereocenters. The van der Waals surface area contributed by atoms with Crippen LogP contribution in [0.5, 0.6) is 0 Å². The van der Waals surface area contributed by atoms with Gasteiger partial charge in [0.1, 0.15) is 0 Å². The predicted octanol–water partition coefficient (Wildman–Crippen LogP) is 1.67. The van der Waals surface area contributed by atoms with Gasteiger partial charge in [0.25, 0.3) is 0 Å². The zero-order valence-corrected chi connectivity index (χ0v) is 16.6. The molecule has 0 bridgehead atoms. The maximum Gasteiger partial charge on any atom is 0.225 e. The van der Waals surface area contributed by atoms with E-state index in [1.807, 2.05) is 18.7 Å². The number of nitrogens with zero attached hydrogens (tertiary/aromatic N) is 3. The van der Waals surface area contributed by atoms with Crippen molar-refractivity contribution in [3.05, 3.63) is 0 Å². The molecule has 25 heavy (non-hydrogen) atoms. The molecular formula is C19H37N5O. The van der Waals surface area contributed by atoms with Crippen LogP contribution in [0.3, 0.4) is 0 Å². The molecule has 6 heteroatoms. The topological polar surface area (TPSA) is 60.0 Å². The molecule has 2 N–H and O–H groups in total. The summed E-state index contributed by atoms with van der Waals surface area (Å²) < 4.78 is 0. The minimum absolute atomic E-state index is 0.0757. The molecule has 2 rings (SSSR count). The van der Waals surface area contributed by atoms with Crippen LogP contribution in [-0.2, 0) is 4.79 Å². The van der Waals surface area contributed by atoms with Crippen molar-refractivity contribution < 1.29 is 4.79 Å². The molecule has 0 aromatic heterocycles. The van der Waals surface area contributed by atoms with Crippen LogP contribution in [0.4, 0.5) is 0 Å². The first-order chi connectivity index (χ1) is 12.0. The van der Waals surface area contributed by atoms with Gasteiger partial charge in [0.15, 0.2) is 5.96 Å². The fourth-order valence-electron chi connectivity index (χ4n) is 3.80. The van der Waals surface area contributed by atoms with Gasteiger partial charge >= 0.3 is 0 Å². The van der Waals surface area contributed by atoms with Gasteiger partial charge < -0.3 is 20.4 Å². The third-order valence-corrected chi connectivity index (χ3v) is 5.35. The molecule has 0 spiro atoms. The molecule has 1 saturated carbocycles. The lowest BCUT2D eigenvalue weighted by Gasteiger charge is -2.23. The van der Waals surface area contributed by atoms with E-state index in [9.17, 15) is 4.79 Å². The summed E-state index contributed by atoms with van der Waals surface area (Å²) in [4.78, 5) is 21.3. The van der Waals surface area contributed by atoms with Crippen LogP contribution in [-0.4, -0.2) is 73.5 Å². The molecule has 0 radical (unpaired) electrons. The Labute approximate surface area is 153 Å². The van der Waals surface area contributed by atoms with Gasteiger partial charge in [0.2, 0.25) is 5.91 Å². The summed E-state index contributed by atoms with van der Waals surface area (Å²) in [6.07, 6.45) is 6.40. The first-order valence-electron chi connectivity index (χ1n) is 10.0. The van der Waals surface area contributed by atoms with Crippen LogP contribution in [0.1, 0.15) is 52.9 Å². The molecule has 1 saturated heterocycles. The SMILES string of the molecule is CCNC(=NCCN(C)C1CCCC1)NC1CCN(C(=O)C(C)C)C1. The second-order valence-electron chi connectivity index (χ2n) is 7.75. The summed E-state index contributed by atoms with van der Waals surface area (Å²) in [5, 5.41) is 6.85. The number of nitrogens with one attached hydrogen (secondary N) is 2. The van der Waals surface area contributed by atoms with Gasteiger partial charge in [-0.25, -0.2) is 0 Å². The van der Waals surface area contributed by atoms with E-state index in [1.165, 1.54) is 25.7 Å². The van der Waals surface area contributed by atoms with E-state index in [0.717, 1.165) is 51.1 Å². The summed E-state index contributed by atoms with van der Waals surface area (Å²) in [6.45, 7) is 10.3. The standard InChI is InChI=1S/C19H37N5O/c1-5-20-19(21-11-13-23(4)17-8-6-7-9-17)22-16-10-12-24(14-16)18(25)15(2)3/h15-17H,5-14H2,1-4H3,(H2,20,21,22). The van der Waals surface area contributed by atoms with E-state index in [-0.39, 0.29) is 11.8 Å². The van der Waals surface area contributed by atoms with Crippen molar-refractivity contribution in [2.45, 2.75) is 65.0 Å². The van der Waals surface area contributed by atoms with E-state index in [0.29, 0.717) is 6.04 Å². The minimum Gasteiger partial charge on any atom is -0.357 e. The Kier molecular flexibility index (Phi) is 8.00. The quantitative estimate of drug-likeness (QED) is 0.541. The Morgan fingerprint density at radius 2 is 2.00 bits per heavy atom. The molecule has 1 amide bonds. The molecular weight excluding hydrogens is 314 g/mol. The number of hydrogen-bond acceptors (Lipinski definition) is 3. The first kappa shape index (κ1) is 20.0. The average molecular weight is 352 g/mol. The highest BCUT2D eigenvalue weighted by atomic mass is 16.2. The van der Waals surface area contributed by atoms with Crippen LogP contribution >= 0.6 is 0 Å². The molecule has 1 heterocycles. The maximum absolute atomic E-state index is 12.1. The zero-order chi connectivity index (χ0) is 18.2. The van der Waals surface area contributed by atoms with Gasteiger partial charge in [-0.1, -0.05) is 26.7 Å². The average Bonchev–Trinajstić information content (AvgIpc) is 3.26. The summed E-state index contributed by atoms with van der Waals surface area (Å²) in [5.74, 6) is 1.21. The zero-order valence-electron chi connectivity index (χ0n) is 16.6. The lowest BCUT2D eigenvalue weighted by atomic mass is 10.2. The van der Waals surface area contributed by atoms with E-state index in [2.05, 4.69) is 29.5 Å². The molecule has 1 atom stereocenters. The number of carbonyl (C=O) groups is 1. The number of rotatable bonds is 7. The third-order valence-electron chi connectivity index (χ3n) is 5.35. The van der Waals surface area contributed by atoms with E-state index >= 15 is 0 Å². The highest BCUT2D eigenvalue weighted by Gasteiger charge is 2.28. The van der Waals surface area contributed by atoms with Crippen molar-refractivity contribution in [2.75, 3.05) is 39.8 Å². The number of likely N-dealkylation sites (tertiary alicyclic amines) is 1. The Bertz CT molecular complexity index is 445. The molecule has 2 aliphatic rings. The molecule has 1 aliphatic carbocycles. The van der Waals surface area contributed by atoms with Gasteiger partial charge in [-0.2, -0.15) is 0 Å². The van der Waals surface area contributed by atoms with Crippen LogP contribution in [0, 0.1) is 5.92 Å². The van der Waals surface area contributed by atoms with Crippen molar-refractivity contribution in [1.29, 1.82) is 0 Å². The normalized spacial score (nSPS) is 22.2. The second kappa shape index (κ2) is 10.00. The van der Waals surface area contributed by atoms with Crippen molar-refractivity contribution in [2.24, 2.45) is 10.9 Å². The molecule has 0 aromatic carbocycles. The van der Waals surface area contributed by atoms with Gasteiger partial charge in [0.05, 0.1) is 6.54 Å². The monoisotopic (exact) mass is 351 g/mol. The fraction of sp³-hybridized carbons (Fsp3) is 0.895. The first-order valence-corrected chi connectivity index (χ1v) is 10.0. The summed E-state index contributed by atoms with van der Waals surface area (Å²) >= 11 is 0. The van der Waals surface area contributed by atoms with E-state index < -0.39 is 0 Å². The molecule has 0 aromatic rings. The number of carbonyl (C=O) groups excluding carboxylic acids is 1. The largest absolute Gasteiger partial charge is 0.357 e. The molecule has 1 aliphatic heterocycles. The van der Waals surface area contributed by atoms with Crippen LogP contribution in [0.25, 0.3) is 0 Å². The van der Waals surface area contributed by atoms with Crippen molar-refractivity contribution in [1.82, 2.24) is 20.4 Å². The predicted molar refractivity (Wildman–Crippen MR) is 104 cm³/mol. The second-order valence-corrected chi connectivity index (χ2v) is 7.75. The Balaban J connectivity index is 1.78. The van der Waals surface area contributed by atoms with Crippen LogP contribution in [0.15, 0.2) is 4.99 Å². The third kappa shape index (κ3) is 6.17. The minimum atomic E-state index is 0.0757.